The van der Waals surface area contributed by atoms with Crippen LogP contribution in [0, 0.1) is 13.8 Å². The average molecular weight is 343 g/mol. The van der Waals surface area contributed by atoms with Gasteiger partial charge in [0.15, 0.2) is 5.69 Å². The summed E-state index contributed by atoms with van der Waals surface area (Å²) >= 11 is 0. The molecule has 2 amide bonds. The molecule has 0 spiro atoms. The van der Waals surface area contributed by atoms with Crippen molar-refractivity contribution in [3.8, 4) is 0 Å². The highest BCUT2D eigenvalue weighted by Crippen LogP contribution is 2.29. The normalized spacial score (nSPS) is 13.4. The Bertz CT molecular complexity index is 795. The Morgan fingerprint density at radius 2 is 2.08 bits per heavy atom. The molecule has 0 radical (unpaired) electrons. The smallest absolute Gasteiger partial charge is 0.360 e. The number of urea groups is 1. The van der Waals surface area contributed by atoms with Gasteiger partial charge in [-0.2, -0.15) is 0 Å². The van der Waals surface area contributed by atoms with Crippen molar-refractivity contribution in [2.24, 2.45) is 0 Å². The van der Waals surface area contributed by atoms with Gasteiger partial charge in [0.25, 0.3) is 0 Å². The highest BCUT2D eigenvalue weighted by atomic mass is 16.5. The zero-order chi connectivity index (χ0) is 18.0. The Morgan fingerprint density at radius 3 is 2.72 bits per heavy atom. The fourth-order valence-corrected chi connectivity index (χ4v) is 2.49. The van der Waals surface area contributed by atoms with Crippen LogP contribution in [0.15, 0.2) is 28.9 Å². The fourth-order valence-electron chi connectivity index (χ4n) is 2.49. The number of nitrogens with zero attached hydrogens (tertiary/aromatic N) is 2. The van der Waals surface area contributed by atoms with E-state index in [1.54, 1.807) is 4.90 Å². The number of aryl methyl sites for hydroxylation is 2. The third-order valence-corrected chi connectivity index (χ3v) is 4.26. The molecule has 3 rings (SSSR count). The summed E-state index contributed by atoms with van der Waals surface area (Å²) in [5.41, 5.74) is 3.14. The molecule has 7 heteroatoms. The molecule has 1 heterocycles. The first-order chi connectivity index (χ1) is 12.0. The number of hydrogen-bond donors (Lipinski definition) is 1. The van der Waals surface area contributed by atoms with Crippen molar-refractivity contribution in [2.45, 2.75) is 39.3 Å². The van der Waals surface area contributed by atoms with E-state index in [0.717, 1.165) is 24.1 Å². The summed E-state index contributed by atoms with van der Waals surface area (Å²) in [7, 11) is 1.28. The lowest BCUT2D eigenvalue weighted by Gasteiger charge is -2.21. The van der Waals surface area contributed by atoms with Gasteiger partial charge < -0.3 is 19.4 Å². The van der Waals surface area contributed by atoms with Crippen LogP contribution < -0.4 is 5.32 Å². The number of rotatable bonds is 5. The SMILES string of the molecule is COC(=O)c1coc(CN(C(=O)Nc2ccc(C)c(C)c2)C2CC2)n1. The molecule has 1 aromatic carbocycles. The number of ether oxygens (including phenoxy) is 1. The molecule has 1 aliphatic carbocycles. The number of carbonyl (C=O) groups is 2. The molecule has 0 atom stereocenters. The molecule has 0 saturated heterocycles. The quantitative estimate of drug-likeness (QED) is 0.842. The van der Waals surface area contributed by atoms with Gasteiger partial charge >= 0.3 is 12.0 Å². The van der Waals surface area contributed by atoms with E-state index >= 15 is 0 Å². The molecule has 0 aliphatic heterocycles. The number of nitrogens with one attached hydrogen (secondary N) is 1. The fraction of sp³-hybridized carbons (Fsp3) is 0.389. The van der Waals surface area contributed by atoms with Crippen LogP contribution in [0.4, 0.5) is 10.5 Å². The first kappa shape index (κ1) is 17.0. The van der Waals surface area contributed by atoms with E-state index < -0.39 is 5.97 Å². The number of oxazole rings is 1. The lowest BCUT2D eigenvalue weighted by Crippen LogP contribution is -2.36. The average Bonchev–Trinajstić information content (AvgIpc) is 3.33. The number of anilines is 1. The van der Waals surface area contributed by atoms with Gasteiger partial charge in [-0.1, -0.05) is 6.07 Å². The van der Waals surface area contributed by atoms with E-state index in [2.05, 4.69) is 15.0 Å². The van der Waals surface area contributed by atoms with Crippen LogP contribution in [0.1, 0.15) is 40.3 Å². The second kappa shape index (κ2) is 6.96. The van der Waals surface area contributed by atoms with E-state index in [4.69, 9.17) is 4.42 Å². The molecule has 1 aliphatic rings. The van der Waals surface area contributed by atoms with Crippen LogP contribution in [0.25, 0.3) is 0 Å². The minimum atomic E-state index is -0.562. The molecule has 1 saturated carbocycles. The Labute approximate surface area is 146 Å². The summed E-state index contributed by atoms with van der Waals surface area (Å²) in [6.07, 6.45) is 3.14. The molecular weight excluding hydrogens is 322 g/mol. The first-order valence-corrected chi connectivity index (χ1v) is 8.15. The summed E-state index contributed by atoms with van der Waals surface area (Å²) < 4.78 is 9.90. The highest BCUT2D eigenvalue weighted by molar-refractivity contribution is 5.90. The number of esters is 1. The maximum absolute atomic E-state index is 12.6. The van der Waals surface area contributed by atoms with Gasteiger partial charge in [0.05, 0.1) is 13.7 Å². The Kier molecular flexibility index (Phi) is 4.74. The number of benzene rings is 1. The maximum atomic E-state index is 12.6. The van der Waals surface area contributed by atoms with Gasteiger partial charge in [-0.05, 0) is 49.9 Å². The highest BCUT2D eigenvalue weighted by Gasteiger charge is 2.34. The van der Waals surface area contributed by atoms with Gasteiger partial charge in [0, 0.05) is 11.7 Å². The van der Waals surface area contributed by atoms with Crippen LogP contribution in [-0.2, 0) is 11.3 Å². The summed E-state index contributed by atoms with van der Waals surface area (Å²) in [6, 6.07) is 5.76. The van der Waals surface area contributed by atoms with E-state index in [9.17, 15) is 9.59 Å². The van der Waals surface area contributed by atoms with Crippen LogP contribution in [0.5, 0.6) is 0 Å². The molecule has 1 fully saturated rings. The largest absolute Gasteiger partial charge is 0.464 e. The van der Waals surface area contributed by atoms with Crippen LogP contribution >= 0.6 is 0 Å². The Balaban J connectivity index is 1.70. The van der Waals surface area contributed by atoms with Crippen molar-refractivity contribution in [1.82, 2.24) is 9.88 Å². The van der Waals surface area contributed by atoms with E-state index in [-0.39, 0.29) is 24.3 Å². The standard InChI is InChI=1S/C18H21N3O4/c1-11-4-5-13(8-12(11)2)19-18(23)21(14-6-7-14)9-16-20-15(10-25-16)17(22)24-3/h4-5,8,10,14H,6-7,9H2,1-3H3,(H,19,23). The van der Waals surface area contributed by atoms with E-state index in [1.165, 1.54) is 18.9 Å². The second-order valence-corrected chi connectivity index (χ2v) is 6.21. The number of methoxy groups -OCH3 is 1. The van der Waals surface area contributed by atoms with Gasteiger partial charge in [0.2, 0.25) is 5.89 Å². The third kappa shape index (κ3) is 3.99. The van der Waals surface area contributed by atoms with Crippen molar-refractivity contribution in [1.29, 1.82) is 0 Å². The minimum absolute atomic E-state index is 0.0998. The summed E-state index contributed by atoms with van der Waals surface area (Å²) in [6.45, 7) is 4.24. The number of hydrogen-bond acceptors (Lipinski definition) is 5. The van der Waals surface area contributed by atoms with Crippen molar-refractivity contribution in [3.05, 3.63) is 47.2 Å². The zero-order valence-corrected chi connectivity index (χ0v) is 14.5. The predicted molar refractivity (Wildman–Crippen MR) is 91.3 cm³/mol. The molecule has 0 bridgehead atoms. The van der Waals surface area contributed by atoms with Crippen molar-refractivity contribution in [3.63, 3.8) is 0 Å². The van der Waals surface area contributed by atoms with Gasteiger partial charge in [-0.15, -0.1) is 0 Å². The monoisotopic (exact) mass is 343 g/mol. The molecule has 1 N–H and O–H groups in total. The number of carbonyl (C=O) groups excluding carboxylic acids is 2. The first-order valence-electron chi connectivity index (χ1n) is 8.15. The lowest BCUT2D eigenvalue weighted by molar-refractivity contribution is 0.0594. The topological polar surface area (TPSA) is 84.7 Å². The van der Waals surface area contributed by atoms with Gasteiger partial charge in [-0.25, -0.2) is 14.6 Å². The van der Waals surface area contributed by atoms with Crippen LogP contribution in [0.2, 0.25) is 0 Å². The summed E-state index contributed by atoms with van der Waals surface area (Å²) in [5.74, 6) is -0.255. The molecule has 1 aromatic heterocycles. The van der Waals surface area contributed by atoms with Crippen LogP contribution in [-0.4, -0.2) is 35.0 Å². The molecule has 7 nitrogen and oxygen atoms in total. The number of amides is 2. The second-order valence-electron chi connectivity index (χ2n) is 6.21. The van der Waals surface area contributed by atoms with Crippen molar-refractivity contribution >= 4 is 17.7 Å². The summed E-state index contributed by atoms with van der Waals surface area (Å²) in [5, 5.41) is 2.92. The van der Waals surface area contributed by atoms with Crippen molar-refractivity contribution in [2.75, 3.05) is 12.4 Å². The summed E-state index contributed by atoms with van der Waals surface area (Å²) in [4.78, 5) is 29.9. The number of aromatic nitrogens is 1. The van der Waals surface area contributed by atoms with E-state index in [0.29, 0.717) is 5.89 Å². The maximum Gasteiger partial charge on any atom is 0.360 e. The molecular formula is C18H21N3O4. The Morgan fingerprint density at radius 1 is 1.32 bits per heavy atom. The lowest BCUT2D eigenvalue weighted by atomic mass is 10.1. The molecule has 2 aromatic rings. The predicted octanol–water partition coefficient (Wildman–Crippen LogP) is 3.27. The van der Waals surface area contributed by atoms with E-state index in [1.807, 2.05) is 32.0 Å². The van der Waals surface area contributed by atoms with Gasteiger partial charge in [-0.3, -0.25) is 0 Å². The van der Waals surface area contributed by atoms with Crippen molar-refractivity contribution < 1.29 is 18.7 Å². The zero-order valence-electron chi connectivity index (χ0n) is 14.5. The molecule has 0 unspecified atom stereocenters. The molecule has 132 valence electrons. The third-order valence-electron chi connectivity index (χ3n) is 4.26. The minimum Gasteiger partial charge on any atom is -0.464 e. The Hall–Kier alpha value is -2.83. The van der Waals surface area contributed by atoms with Gasteiger partial charge in [0.1, 0.15) is 6.26 Å². The van der Waals surface area contributed by atoms with Crippen LogP contribution in [0.3, 0.4) is 0 Å². The molecule has 25 heavy (non-hydrogen) atoms.